The van der Waals surface area contributed by atoms with Crippen LogP contribution >= 0.6 is 0 Å². The van der Waals surface area contributed by atoms with Gasteiger partial charge in [-0.3, -0.25) is 9.59 Å². The summed E-state index contributed by atoms with van der Waals surface area (Å²) in [5.41, 5.74) is 6.27. The molecule has 2 atom stereocenters. The lowest BCUT2D eigenvalue weighted by molar-refractivity contribution is -0.142. The number of nitrogens with zero attached hydrogens (tertiary/aromatic N) is 2. The lowest BCUT2D eigenvalue weighted by Gasteiger charge is -2.36. The second kappa shape index (κ2) is 12.2. The molecular weight excluding hydrogens is 450 g/mol. The van der Waals surface area contributed by atoms with Crippen LogP contribution in [0, 0.1) is 17.8 Å². The van der Waals surface area contributed by atoms with Crippen molar-refractivity contribution in [2.75, 3.05) is 32.9 Å². The van der Waals surface area contributed by atoms with E-state index in [-0.39, 0.29) is 36.0 Å². The number of hydrogen-bond donors (Lipinski definition) is 1. The largest absolute Gasteiger partial charge is 0.450 e. The van der Waals surface area contributed by atoms with Crippen molar-refractivity contribution in [1.29, 1.82) is 0 Å². The Morgan fingerprint density at radius 1 is 1.11 bits per heavy atom. The topological polar surface area (TPSA) is 125 Å². The van der Waals surface area contributed by atoms with Crippen molar-refractivity contribution in [3.8, 4) is 0 Å². The number of carbonyl (C=O) groups excluding carboxylic acids is 3. The number of rotatable bonds is 10. The van der Waals surface area contributed by atoms with Gasteiger partial charge in [-0.05, 0) is 50.2 Å². The third kappa shape index (κ3) is 6.60. The van der Waals surface area contributed by atoms with Gasteiger partial charge in [0, 0.05) is 24.9 Å². The number of nitrogens with two attached hydrogens (primary N) is 1. The number of hydrogen-bond acceptors (Lipinski definition) is 7. The molecule has 0 bridgehead atoms. The maximum atomic E-state index is 13.7. The van der Waals surface area contributed by atoms with Crippen molar-refractivity contribution in [1.82, 2.24) is 9.88 Å². The van der Waals surface area contributed by atoms with E-state index in [0.717, 1.165) is 25.7 Å². The predicted octanol–water partition coefficient (Wildman–Crippen LogP) is 3.95. The van der Waals surface area contributed by atoms with E-state index in [1.807, 2.05) is 17.0 Å². The number of aromatic nitrogens is 1. The minimum atomic E-state index is -0.839. The third-order valence-electron chi connectivity index (χ3n) is 7.21. The summed E-state index contributed by atoms with van der Waals surface area (Å²) in [6.07, 6.45) is 5.88. The summed E-state index contributed by atoms with van der Waals surface area (Å²) >= 11 is 0. The zero-order chi connectivity index (χ0) is 24.6. The molecule has 2 unspecified atom stereocenters. The standard InChI is InChI=1S/C26H35N3O6/c27-26(32)34-14-6-9-19(23(30)24-28-21-10-4-5-11-22(21)35-24)17-20(18-7-2-1-3-8-18)25(31)29-12-15-33-16-13-29/h4-5,10-11,18-20H,1-3,6-9,12-17H2,(H2,27,32). The van der Waals surface area contributed by atoms with E-state index < -0.39 is 12.0 Å². The smallest absolute Gasteiger partial charge is 0.404 e. The maximum absolute atomic E-state index is 13.7. The Labute approximate surface area is 205 Å². The number of oxazole rings is 1. The SMILES string of the molecule is NC(=O)OCCCC(CC(C(=O)N1CCOCC1)C1CCCCC1)C(=O)c1nc2ccccc2o1. The fourth-order valence-electron chi connectivity index (χ4n) is 5.37. The van der Waals surface area contributed by atoms with E-state index in [0.29, 0.717) is 56.7 Å². The number of amides is 2. The van der Waals surface area contributed by atoms with Crippen LogP contribution in [0.3, 0.4) is 0 Å². The van der Waals surface area contributed by atoms with Crippen LogP contribution in [0.4, 0.5) is 4.79 Å². The first-order valence-electron chi connectivity index (χ1n) is 12.7. The normalized spacial score (nSPS) is 18.8. The Morgan fingerprint density at radius 3 is 2.57 bits per heavy atom. The second-order valence-corrected chi connectivity index (χ2v) is 9.54. The molecule has 9 heteroatoms. The van der Waals surface area contributed by atoms with E-state index in [2.05, 4.69) is 4.98 Å². The van der Waals surface area contributed by atoms with E-state index >= 15 is 0 Å². The summed E-state index contributed by atoms with van der Waals surface area (Å²) < 4.78 is 16.1. The summed E-state index contributed by atoms with van der Waals surface area (Å²) in [5.74, 6) is -0.506. The summed E-state index contributed by atoms with van der Waals surface area (Å²) in [6.45, 7) is 2.37. The van der Waals surface area contributed by atoms with Gasteiger partial charge < -0.3 is 24.5 Å². The number of Topliss-reactive ketones (excluding diaryl/α,β-unsaturated/α-hetero) is 1. The molecule has 2 heterocycles. The van der Waals surface area contributed by atoms with Gasteiger partial charge in [0.1, 0.15) is 5.52 Å². The molecule has 2 aliphatic rings. The van der Waals surface area contributed by atoms with Crippen LogP contribution in [0.15, 0.2) is 28.7 Å². The first-order chi connectivity index (χ1) is 17.0. The molecule has 1 aromatic carbocycles. The van der Waals surface area contributed by atoms with Gasteiger partial charge in [0.2, 0.25) is 11.7 Å². The average Bonchev–Trinajstić information content (AvgIpc) is 3.33. The number of carbonyl (C=O) groups is 3. The number of ketones is 1. The Hall–Kier alpha value is -2.94. The highest BCUT2D eigenvalue weighted by Gasteiger charge is 2.37. The number of primary amides is 1. The van der Waals surface area contributed by atoms with Crippen LogP contribution in [0.2, 0.25) is 0 Å². The Balaban J connectivity index is 1.56. The van der Waals surface area contributed by atoms with Crippen LogP contribution in [0.5, 0.6) is 0 Å². The minimum absolute atomic E-state index is 0.0632. The van der Waals surface area contributed by atoms with Crippen molar-refractivity contribution < 1.29 is 28.3 Å². The molecular formula is C26H35N3O6. The van der Waals surface area contributed by atoms with E-state index in [1.54, 1.807) is 12.1 Å². The number of morpholine rings is 1. The first kappa shape index (κ1) is 25.2. The van der Waals surface area contributed by atoms with Crippen LogP contribution in [0.1, 0.15) is 62.1 Å². The highest BCUT2D eigenvalue weighted by Crippen LogP contribution is 2.37. The van der Waals surface area contributed by atoms with Gasteiger partial charge in [-0.15, -0.1) is 0 Å². The molecule has 9 nitrogen and oxygen atoms in total. The van der Waals surface area contributed by atoms with Crippen LogP contribution in [-0.2, 0) is 14.3 Å². The van der Waals surface area contributed by atoms with Crippen molar-refractivity contribution in [3.05, 3.63) is 30.2 Å². The van der Waals surface area contributed by atoms with Crippen LogP contribution < -0.4 is 5.73 Å². The van der Waals surface area contributed by atoms with Gasteiger partial charge in [0.05, 0.1) is 19.8 Å². The van der Waals surface area contributed by atoms with E-state index in [9.17, 15) is 14.4 Å². The van der Waals surface area contributed by atoms with Crippen molar-refractivity contribution >= 4 is 28.9 Å². The monoisotopic (exact) mass is 485 g/mol. The summed E-state index contributed by atoms with van der Waals surface area (Å²) in [6, 6.07) is 7.26. The van der Waals surface area contributed by atoms with E-state index in [4.69, 9.17) is 19.6 Å². The molecule has 2 N–H and O–H groups in total. The summed E-state index contributed by atoms with van der Waals surface area (Å²) in [5, 5.41) is 0. The predicted molar refractivity (Wildman–Crippen MR) is 129 cm³/mol. The van der Waals surface area contributed by atoms with Crippen LogP contribution in [-0.4, -0.2) is 60.6 Å². The minimum Gasteiger partial charge on any atom is -0.450 e. The Kier molecular flexibility index (Phi) is 8.74. The number of ether oxygens (including phenoxy) is 2. The molecule has 4 rings (SSSR count). The molecule has 1 saturated carbocycles. The molecule has 1 aliphatic heterocycles. The highest BCUT2D eigenvalue weighted by molar-refractivity contribution is 5.96. The summed E-state index contributed by atoms with van der Waals surface area (Å²) in [4.78, 5) is 44.6. The number of para-hydroxylation sites is 2. The third-order valence-corrected chi connectivity index (χ3v) is 7.21. The fourth-order valence-corrected chi connectivity index (χ4v) is 5.37. The molecule has 2 fully saturated rings. The maximum Gasteiger partial charge on any atom is 0.404 e. The first-order valence-corrected chi connectivity index (χ1v) is 12.7. The lowest BCUT2D eigenvalue weighted by Crippen LogP contribution is -2.46. The van der Waals surface area contributed by atoms with E-state index in [1.165, 1.54) is 6.42 Å². The molecule has 0 spiro atoms. The summed E-state index contributed by atoms with van der Waals surface area (Å²) in [7, 11) is 0. The molecule has 1 aliphatic carbocycles. The lowest BCUT2D eigenvalue weighted by atomic mass is 9.74. The van der Waals surface area contributed by atoms with Crippen molar-refractivity contribution in [2.24, 2.45) is 23.5 Å². The zero-order valence-corrected chi connectivity index (χ0v) is 20.2. The van der Waals surface area contributed by atoms with Gasteiger partial charge in [0.15, 0.2) is 5.58 Å². The Morgan fingerprint density at radius 2 is 1.86 bits per heavy atom. The molecule has 2 amide bonds. The zero-order valence-electron chi connectivity index (χ0n) is 20.2. The van der Waals surface area contributed by atoms with Crippen molar-refractivity contribution in [3.63, 3.8) is 0 Å². The van der Waals surface area contributed by atoms with Gasteiger partial charge >= 0.3 is 6.09 Å². The fraction of sp³-hybridized carbons (Fsp3) is 0.615. The number of fused-ring (bicyclic) bond motifs is 1. The van der Waals surface area contributed by atoms with Gasteiger partial charge in [-0.2, -0.15) is 0 Å². The molecule has 1 saturated heterocycles. The van der Waals surface area contributed by atoms with Gasteiger partial charge in [-0.1, -0.05) is 31.4 Å². The molecule has 1 aromatic heterocycles. The molecule has 190 valence electrons. The highest BCUT2D eigenvalue weighted by atomic mass is 16.5. The second-order valence-electron chi connectivity index (χ2n) is 9.54. The number of benzene rings is 1. The average molecular weight is 486 g/mol. The van der Waals surface area contributed by atoms with Crippen LogP contribution in [0.25, 0.3) is 11.1 Å². The van der Waals surface area contributed by atoms with Gasteiger partial charge in [-0.25, -0.2) is 9.78 Å². The van der Waals surface area contributed by atoms with Gasteiger partial charge in [0.25, 0.3) is 5.89 Å². The molecule has 35 heavy (non-hydrogen) atoms. The Bertz CT molecular complexity index is 976. The quantitative estimate of drug-likeness (QED) is 0.399. The molecule has 0 radical (unpaired) electrons. The van der Waals surface area contributed by atoms with Crippen molar-refractivity contribution in [2.45, 2.75) is 51.4 Å². The molecule has 2 aromatic rings.